The molecule has 0 amide bonds. The Kier molecular flexibility index (Phi) is 3.38. The molecule has 0 spiro atoms. The van der Waals surface area contributed by atoms with Gasteiger partial charge in [0.25, 0.3) is 0 Å². The number of aryl methyl sites for hydroxylation is 1. The molecule has 0 saturated carbocycles. The van der Waals surface area contributed by atoms with Crippen LogP contribution in [0.3, 0.4) is 0 Å². The summed E-state index contributed by atoms with van der Waals surface area (Å²) in [6, 6.07) is 10.9. The van der Waals surface area contributed by atoms with Gasteiger partial charge in [-0.2, -0.15) is 0 Å². The van der Waals surface area contributed by atoms with Crippen molar-refractivity contribution in [1.29, 1.82) is 0 Å². The molecule has 0 radical (unpaired) electrons. The van der Waals surface area contributed by atoms with Crippen LogP contribution in [0.15, 0.2) is 42.5 Å². The van der Waals surface area contributed by atoms with Crippen LogP contribution in [0.25, 0.3) is 34.7 Å². The van der Waals surface area contributed by atoms with Gasteiger partial charge in [-0.25, -0.2) is 0 Å². The molecule has 0 nitrogen and oxygen atoms in total. The molecule has 0 bridgehead atoms. The van der Waals surface area contributed by atoms with Crippen molar-refractivity contribution in [3.05, 3.63) is 69.6 Å². The van der Waals surface area contributed by atoms with Crippen molar-refractivity contribution in [2.24, 2.45) is 5.92 Å². The topological polar surface area (TPSA) is 0 Å². The predicted molar refractivity (Wildman–Crippen MR) is 107 cm³/mol. The Labute approximate surface area is 143 Å². The first-order valence-corrected chi connectivity index (χ1v) is 8.78. The van der Waals surface area contributed by atoms with Gasteiger partial charge in [0.15, 0.2) is 0 Å². The quantitative estimate of drug-likeness (QED) is 0.447. The second-order valence-electron chi connectivity index (χ2n) is 7.35. The highest BCUT2D eigenvalue weighted by atomic mass is 14.3. The summed E-state index contributed by atoms with van der Waals surface area (Å²) in [4.78, 5) is 0. The zero-order valence-electron chi connectivity index (χ0n) is 14.7. The average molecular weight is 312 g/mol. The molecule has 1 unspecified atom stereocenters. The van der Waals surface area contributed by atoms with Crippen LogP contribution >= 0.6 is 0 Å². The Hall–Kier alpha value is -2.34. The molecular weight excluding hydrogens is 288 g/mol. The van der Waals surface area contributed by atoms with Crippen LogP contribution in [-0.4, -0.2) is 0 Å². The zero-order valence-corrected chi connectivity index (χ0v) is 14.7. The van der Waals surface area contributed by atoms with E-state index in [1.54, 1.807) is 0 Å². The fraction of sp³-hybridized carbons (Fsp3) is 0.250. The predicted octanol–water partition coefficient (Wildman–Crippen LogP) is 4.80. The highest BCUT2D eigenvalue weighted by molar-refractivity contribution is 6.03. The van der Waals surface area contributed by atoms with Crippen LogP contribution < -0.4 is 10.4 Å². The third-order valence-electron chi connectivity index (χ3n) is 5.92. The number of fused-ring (bicyclic) bond motifs is 3. The second-order valence-corrected chi connectivity index (χ2v) is 7.35. The fourth-order valence-corrected chi connectivity index (χ4v) is 4.47. The summed E-state index contributed by atoms with van der Waals surface area (Å²) in [6.07, 6.45) is 3.34. The SMILES string of the molecule is C=C(C)C1CCc2c(c(=C)c3cc4ccccc4c(C)c3c2=C)C1. The van der Waals surface area contributed by atoms with E-state index >= 15 is 0 Å². The first-order valence-electron chi connectivity index (χ1n) is 8.78. The standard InChI is InChI=1S/C24H24/c1-14(2)18-10-11-21-17(5)24-16(4)20-9-7-6-8-19(20)13-23(24)15(3)22(21)12-18/h6-9,13,18H,1,3,5,10-12H2,2,4H3. The summed E-state index contributed by atoms with van der Waals surface area (Å²) in [6.45, 7) is 17.5. The molecule has 4 rings (SSSR count). The van der Waals surface area contributed by atoms with Crippen LogP contribution in [0.5, 0.6) is 0 Å². The van der Waals surface area contributed by atoms with Gasteiger partial charge >= 0.3 is 0 Å². The fourth-order valence-electron chi connectivity index (χ4n) is 4.47. The van der Waals surface area contributed by atoms with E-state index in [0.29, 0.717) is 5.92 Å². The van der Waals surface area contributed by atoms with Gasteiger partial charge in [-0.3, -0.25) is 0 Å². The van der Waals surface area contributed by atoms with Gasteiger partial charge in [0.05, 0.1) is 0 Å². The van der Waals surface area contributed by atoms with E-state index in [-0.39, 0.29) is 0 Å². The number of benzene rings is 3. The average Bonchev–Trinajstić information content (AvgIpc) is 2.59. The molecule has 0 aromatic heterocycles. The number of hydrogen-bond acceptors (Lipinski definition) is 0. The normalized spacial score (nSPS) is 17.2. The molecule has 0 aliphatic heterocycles. The minimum Gasteiger partial charge on any atom is -0.0998 e. The van der Waals surface area contributed by atoms with Crippen LogP contribution in [-0.2, 0) is 12.8 Å². The number of allylic oxidation sites excluding steroid dienone is 1. The van der Waals surface area contributed by atoms with Crippen molar-refractivity contribution >= 4 is 34.7 Å². The van der Waals surface area contributed by atoms with Gasteiger partial charge in [-0.05, 0) is 93.8 Å². The maximum atomic E-state index is 4.49. The van der Waals surface area contributed by atoms with E-state index in [0.717, 1.165) is 12.8 Å². The highest BCUT2D eigenvalue weighted by Crippen LogP contribution is 2.30. The zero-order chi connectivity index (χ0) is 17.0. The maximum Gasteiger partial charge on any atom is -0.00729 e. The third-order valence-corrected chi connectivity index (χ3v) is 5.92. The maximum absolute atomic E-state index is 4.49. The largest absolute Gasteiger partial charge is 0.0998 e. The molecule has 1 aliphatic carbocycles. The van der Waals surface area contributed by atoms with E-state index in [2.05, 4.69) is 63.9 Å². The van der Waals surface area contributed by atoms with Crippen molar-refractivity contribution in [1.82, 2.24) is 0 Å². The van der Waals surface area contributed by atoms with Gasteiger partial charge in [0.1, 0.15) is 0 Å². The number of rotatable bonds is 1. The van der Waals surface area contributed by atoms with Crippen molar-refractivity contribution in [3.8, 4) is 0 Å². The molecule has 0 heterocycles. The summed E-state index contributed by atoms with van der Waals surface area (Å²) >= 11 is 0. The summed E-state index contributed by atoms with van der Waals surface area (Å²) in [5, 5.41) is 7.62. The van der Waals surface area contributed by atoms with Gasteiger partial charge in [0, 0.05) is 0 Å². The minimum absolute atomic E-state index is 0.580. The van der Waals surface area contributed by atoms with E-state index in [4.69, 9.17) is 0 Å². The summed E-state index contributed by atoms with van der Waals surface area (Å²) < 4.78 is 0. The first-order chi connectivity index (χ1) is 11.5. The first kappa shape index (κ1) is 15.2. The Morgan fingerprint density at radius 2 is 1.79 bits per heavy atom. The van der Waals surface area contributed by atoms with Crippen molar-refractivity contribution < 1.29 is 0 Å². The van der Waals surface area contributed by atoms with Crippen molar-refractivity contribution in [3.63, 3.8) is 0 Å². The Bertz CT molecular complexity index is 1100. The van der Waals surface area contributed by atoms with E-state index in [1.807, 2.05) is 0 Å². The molecular formula is C24H24. The van der Waals surface area contributed by atoms with Crippen LogP contribution in [0.4, 0.5) is 0 Å². The van der Waals surface area contributed by atoms with Crippen LogP contribution in [0.2, 0.25) is 0 Å². The lowest BCUT2D eigenvalue weighted by Crippen LogP contribution is -2.29. The molecule has 3 aromatic carbocycles. The lowest BCUT2D eigenvalue weighted by atomic mass is 9.77. The molecule has 0 N–H and O–H groups in total. The summed E-state index contributed by atoms with van der Waals surface area (Å²) in [7, 11) is 0. The number of hydrogen-bond donors (Lipinski definition) is 0. The van der Waals surface area contributed by atoms with Crippen molar-refractivity contribution in [2.75, 3.05) is 0 Å². The Morgan fingerprint density at radius 3 is 2.54 bits per heavy atom. The smallest absolute Gasteiger partial charge is 0.00729 e. The van der Waals surface area contributed by atoms with Gasteiger partial charge in [0.2, 0.25) is 0 Å². The van der Waals surface area contributed by atoms with Gasteiger partial charge in [-0.15, -0.1) is 0 Å². The molecule has 3 aromatic rings. The van der Waals surface area contributed by atoms with Crippen LogP contribution in [0, 0.1) is 12.8 Å². The van der Waals surface area contributed by atoms with Crippen molar-refractivity contribution in [2.45, 2.75) is 33.1 Å². The van der Waals surface area contributed by atoms with Gasteiger partial charge in [-0.1, -0.05) is 49.6 Å². The van der Waals surface area contributed by atoms with E-state index in [9.17, 15) is 0 Å². The molecule has 1 atom stereocenters. The molecule has 0 saturated heterocycles. The molecule has 0 fully saturated rings. The Morgan fingerprint density at radius 1 is 1.04 bits per heavy atom. The Balaban J connectivity index is 2.13. The molecule has 0 heteroatoms. The molecule has 1 aliphatic rings. The lowest BCUT2D eigenvalue weighted by Gasteiger charge is -2.27. The summed E-state index contributed by atoms with van der Waals surface area (Å²) in [5.74, 6) is 0.580. The second kappa shape index (κ2) is 5.34. The van der Waals surface area contributed by atoms with Crippen LogP contribution in [0.1, 0.15) is 30.0 Å². The lowest BCUT2D eigenvalue weighted by molar-refractivity contribution is 0.525. The molecule has 120 valence electrons. The summed E-state index contributed by atoms with van der Waals surface area (Å²) in [5.41, 5.74) is 5.48. The molecule has 24 heavy (non-hydrogen) atoms. The highest BCUT2D eigenvalue weighted by Gasteiger charge is 2.22. The third kappa shape index (κ3) is 2.06. The monoisotopic (exact) mass is 312 g/mol. The minimum atomic E-state index is 0.580. The van der Waals surface area contributed by atoms with Gasteiger partial charge < -0.3 is 0 Å². The van der Waals surface area contributed by atoms with E-state index < -0.39 is 0 Å². The van der Waals surface area contributed by atoms with E-state index in [1.165, 1.54) is 60.7 Å².